The molecule has 0 radical (unpaired) electrons. The van der Waals surface area contributed by atoms with E-state index in [1.54, 1.807) is 7.05 Å². The predicted octanol–water partition coefficient (Wildman–Crippen LogP) is -0.0909. The molecule has 23 heavy (non-hydrogen) atoms. The molecule has 0 saturated heterocycles. The SMILES string of the molecule is Cn1nnnc1N.O=[N+]([O-])c1cc([N+](=O)[O-])c(O)c([N+](=O)[O-])c1. The van der Waals surface area contributed by atoms with Crippen molar-refractivity contribution in [3.8, 4) is 5.75 Å². The number of nitrogens with two attached hydrogens (primary N) is 1. The highest BCUT2D eigenvalue weighted by molar-refractivity contribution is 5.64. The molecule has 0 atom stereocenters. The molecule has 0 aliphatic rings. The quantitative estimate of drug-likeness (QED) is 0.559. The molecule has 1 aromatic carbocycles. The third-order valence-corrected chi connectivity index (χ3v) is 2.31. The Kier molecular flexibility index (Phi) is 4.99. The number of hydrogen-bond donors (Lipinski definition) is 2. The normalized spacial score (nSPS) is 9.61. The monoisotopic (exact) mass is 328 g/mol. The Morgan fingerprint density at radius 1 is 1.09 bits per heavy atom. The Labute approximate surface area is 125 Å². The fraction of sp³-hybridized carbons (Fsp3) is 0.125. The highest BCUT2D eigenvalue weighted by atomic mass is 16.6. The molecule has 2 rings (SSSR count). The minimum atomic E-state index is -1.21. The van der Waals surface area contributed by atoms with Crippen LogP contribution in [0.15, 0.2) is 12.1 Å². The number of hydrogen-bond acceptors (Lipinski definition) is 11. The molecule has 15 nitrogen and oxygen atoms in total. The number of nitro benzene ring substituents is 3. The number of phenols is 1. The van der Waals surface area contributed by atoms with Gasteiger partial charge < -0.3 is 10.8 Å². The van der Waals surface area contributed by atoms with E-state index in [1.165, 1.54) is 4.68 Å². The van der Waals surface area contributed by atoms with Gasteiger partial charge in [-0.2, -0.15) is 0 Å². The summed E-state index contributed by atoms with van der Waals surface area (Å²) in [4.78, 5) is 27.8. The molecule has 0 aliphatic heterocycles. The van der Waals surface area contributed by atoms with Gasteiger partial charge in [-0.15, -0.1) is 0 Å². The van der Waals surface area contributed by atoms with Crippen LogP contribution in [-0.4, -0.2) is 40.1 Å². The number of nitro groups is 3. The van der Waals surface area contributed by atoms with Gasteiger partial charge in [0.05, 0.1) is 26.9 Å². The number of aromatic nitrogens is 4. The molecule has 0 amide bonds. The van der Waals surface area contributed by atoms with Gasteiger partial charge >= 0.3 is 11.4 Å². The number of nitrogens with zero attached hydrogens (tertiary/aromatic N) is 7. The molecule has 0 fully saturated rings. The van der Waals surface area contributed by atoms with Gasteiger partial charge in [0.1, 0.15) is 0 Å². The zero-order chi connectivity index (χ0) is 17.7. The lowest BCUT2D eigenvalue weighted by Crippen LogP contribution is -1.97. The van der Waals surface area contributed by atoms with Crippen LogP contribution in [-0.2, 0) is 7.05 Å². The maximum Gasteiger partial charge on any atom is 0.324 e. The number of nitrogen functional groups attached to an aromatic ring is 1. The standard InChI is InChI=1S/C6H3N3O7.C2H5N5/c10-6-4(8(13)14)1-3(7(11)12)2-5(6)9(15)16;1-7-2(3)4-5-6-7/h1-2,10H;1H3,(H2,3,4,6). The lowest BCUT2D eigenvalue weighted by atomic mass is 10.2. The van der Waals surface area contributed by atoms with Crippen molar-refractivity contribution in [3.05, 3.63) is 42.5 Å². The number of anilines is 1. The third-order valence-electron chi connectivity index (χ3n) is 2.31. The number of non-ortho nitro benzene ring substituents is 1. The smallest absolute Gasteiger partial charge is 0.324 e. The number of phenolic OH excluding ortho intramolecular Hbond substituents is 1. The Bertz CT molecular complexity index is 720. The summed E-state index contributed by atoms with van der Waals surface area (Å²) in [5, 5.41) is 50.3. The first-order valence-corrected chi connectivity index (χ1v) is 5.43. The summed E-state index contributed by atoms with van der Waals surface area (Å²) in [5.74, 6) is -0.874. The fourth-order valence-electron chi connectivity index (χ4n) is 1.21. The van der Waals surface area contributed by atoms with E-state index >= 15 is 0 Å². The maximum absolute atomic E-state index is 10.4. The lowest BCUT2D eigenvalue weighted by molar-refractivity contribution is -0.404. The summed E-state index contributed by atoms with van der Waals surface area (Å²) >= 11 is 0. The van der Waals surface area contributed by atoms with E-state index in [2.05, 4.69) is 15.5 Å². The first kappa shape index (κ1) is 17.1. The van der Waals surface area contributed by atoms with E-state index in [-0.39, 0.29) is 0 Å². The second-order valence-corrected chi connectivity index (χ2v) is 3.76. The van der Waals surface area contributed by atoms with Gasteiger partial charge in [-0.3, -0.25) is 30.3 Å². The van der Waals surface area contributed by atoms with Crippen molar-refractivity contribution in [3.63, 3.8) is 0 Å². The fourth-order valence-corrected chi connectivity index (χ4v) is 1.21. The number of rotatable bonds is 3. The Morgan fingerprint density at radius 2 is 1.57 bits per heavy atom. The Morgan fingerprint density at radius 3 is 1.78 bits per heavy atom. The average Bonchev–Trinajstić information content (AvgIpc) is 2.82. The average molecular weight is 328 g/mol. The second-order valence-electron chi connectivity index (χ2n) is 3.76. The Hall–Kier alpha value is -3.91. The molecule has 0 unspecified atom stereocenters. The third kappa shape index (κ3) is 4.03. The molecule has 0 spiro atoms. The van der Waals surface area contributed by atoms with Crippen molar-refractivity contribution < 1.29 is 19.9 Å². The van der Waals surface area contributed by atoms with Crippen molar-refractivity contribution in [1.29, 1.82) is 0 Å². The predicted molar refractivity (Wildman–Crippen MR) is 71.3 cm³/mol. The first-order valence-electron chi connectivity index (χ1n) is 5.43. The molecular formula is C8H8N8O7. The molecule has 122 valence electrons. The summed E-state index contributed by atoms with van der Waals surface area (Å²) in [6, 6.07) is 0.894. The van der Waals surface area contributed by atoms with Gasteiger partial charge in [0, 0.05) is 7.05 Å². The summed E-state index contributed by atoms with van der Waals surface area (Å²) in [6.45, 7) is 0. The molecule has 15 heteroatoms. The summed E-state index contributed by atoms with van der Waals surface area (Å²) < 4.78 is 1.39. The summed E-state index contributed by atoms with van der Waals surface area (Å²) in [5.41, 5.74) is 2.16. The van der Waals surface area contributed by atoms with Crippen LogP contribution in [0.2, 0.25) is 0 Å². The van der Waals surface area contributed by atoms with Crippen LogP contribution in [0.5, 0.6) is 5.75 Å². The highest BCUT2D eigenvalue weighted by Crippen LogP contribution is 2.38. The van der Waals surface area contributed by atoms with Crippen molar-refractivity contribution in [2.24, 2.45) is 7.05 Å². The van der Waals surface area contributed by atoms with Crippen LogP contribution in [0.4, 0.5) is 23.0 Å². The van der Waals surface area contributed by atoms with E-state index in [1.807, 2.05) is 0 Å². The number of benzene rings is 1. The van der Waals surface area contributed by atoms with Crippen molar-refractivity contribution in [1.82, 2.24) is 20.2 Å². The molecule has 0 aliphatic carbocycles. The van der Waals surface area contributed by atoms with E-state index in [0.717, 1.165) is 0 Å². The maximum atomic E-state index is 10.4. The van der Waals surface area contributed by atoms with Crippen LogP contribution in [0.3, 0.4) is 0 Å². The van der Waals surface area contributed by atoms with Crippen LogP contribution in [0.1, 0.15) is 0 Å². The first-order chi connectivity index (χ1) is 10.6. The van der Waals surface area contributed by atoms with Crippen molar-refractivity contribution in [2.75, 3.05) is 5.73 Å². The number of aromatic hydroxyl groups is 1. The molecule has 0 saturated carbocycles. The Balaban J connectivity index is 0.000000313. The topological polar surface area (TPSA) is 219 Å². The van der Waals surface area contributed by atoms with Gasteiger partial charge in [-0.05, 0) is 10.4 Å². The van der Waals surface area contributed by atoms with Gasteiger partial charge in [-0.25, -0.2) is 4.68 Å². The van der Waals surface area contributed by atoms with E-state index in [4.69, 9.17) is 10.8 Å². The molecule has 1 heterocycles. The zero-order valence-corrected chi connectivity index (χ0v) is 11.3. The molecule has 1 aromatic heterocycles. The van der Waals surface area contributed by atoms with Gasteiger partial charge in [0.15, 0.2) is 0 Å². The number of tetrazole rings is 1. The minimum Gasteiger partial charge on any atom is -0.497 e. The molecule has 2 aromatic rings. The number of aryl methyl sites for hydroxylation is 1. The molecule has 0 bridgehead atoms. The van der Waals surface area contributed by atoms with Crippen LogP contribution >= 0.6 is 0 Å². The highest BCUT2D eigenvalue weighted by Gasteiger charge is 2.30. The lowest BCUT2D eigenvalue weighted by Gasteiger charge is -1.97. The second kappa shape index (κ2) is 6.70. The van der Waals surface area contributed by atoms with Gasteiger partial charge in [0.2, 0.25) is 5.95 Å². The molecule has 3 N–H and O–H groups in total. The van der Waals surface area contributed by atoms with Gasteiger partial charge in [-0.1, -0.05) is 5.10 Å². The van der Waals surface area contributed by atoms with Gasteiger partial charge in [0.25, 0.3) is 11.4 Å². The van der Waals surface area contributed by atoms with Crippen molar-refractivity contribution >= 4 is 23.0 Å². The minimum absolute atomic E-state index is 0.333. The van der Waals surface area contributed by atoms with Crippen molar-refractivity contribution in [2.45, 2.75) is 0 Å². The largest absolute Gasteiger partial charge is 0.497 e. The summed E-state index contributed by atoms with van der Waals surface area (Å²) in [7, 11) is 1.68. The summed E-state index contributed by atoms with van der Waals surface area (Å²) in [6.07, 6.45) is 0. The zero-order valence-electron chi connectivity index (χ0n) is 11.3. The van der Waals surface area contributed by atoms with Crippen LogP contribution in [0, 0.1) is 30.3 Å². The van der Waals surface area contributed by atoms with Crippen LogP contribution in [0.25, 0.3) is 0 Å². The van der Waals surface area contributed by atoms with E-state index in [0.29, 0.717) is 18.1 Å². The van der Waals surface area contributed by atoms with E-state index < -0.39 is 37.6 Å². The van der Waals surface area contributed by atoms with Crippen LogP contribution < -0.4 is 5.73 Å². The van der Waals surface area contributed by atoms with E-state index in [9.17, 15) is 30.3 Å². The molecular weight excluding hydrogens is 320 g/mol.